The number of halogens is 9. The fourth-order valence-corrected chi connectivity index (χ4v) is 6.59. The Kier molecular flexibility index (Phi) is 7.84. The Labute approximate surface area is 230 Å². The van der Waals surface area contributed by atoms with E-state index in [4.69, 9.17) is 4.74 Å². The zero-order chi connectivity index (χ0) is 29.8. The number of piperidine rings is 1. The summed E-state index contributed by atoms with van der Waals surface area (Å²) in [5.74, 6) is 0. The van der Waals surface area contributed by atoms with Gasteiger partial charge in [-0.1, -0.05) is 6.07 Å². The lowest BCUT2D eigenvalue weighted by atomic mass is 9.84. The highest BCUT2D eigenvalue weighted by Gasteiger charge is 2.60. The van der Waals surface area contributed by atoms with E-state index in [1.54, 1.807) is 0 Å². The van der Waals surface area contributed by atoms with E-state index in [-0.39, 0.29) is 38.1 Å². The van der Waals surface area contributed by atoms with E-state index in [1.165, 1.54) is 12.1 Å². The van der Waals surface area contributed by atoms with Gasteiger partial charge in [0.2, 0.25) is 0 Å². The van der Waals surface area contributed by atoms with Crippen LogP contribution < -0.4 is 4.90 Å². The molecule has 0 unspecified atom stereocenters. The second-order valence-corrected chi connectivity index (χ2v) is 11.3. The number of anilines is 1. The van der Waals surface area contributed by atoms with E-state index in [2.05, 4.69) is 9.64 Å². The number of carbonyl (C=O) groups excluding carboxylic acids is 1. The lowest BCUT2D eigenvalue weighted by Crippen LogP contribution is -2.54. The Bertz CT molecular complexity index is 1090. The maximum Gasteiger partial charge on any atom is 0.434 e. The molecule has 4 aliphatic rings. The van der Waals surface area contributed by atoms with Crippen molar-refractivity contribution in [2.45, 2.75) is 87.4 Å². The van der Waals surface area contributed by atoms with Crippen LogP contribution in [0.4, 0.5) is 50.0 Å². The predicted molar refractivity (Wildman–Crippen MR) is 127 cm³/mol. The minimum atomic E-state index is -5.80. The first-order valence-corrected chi connectivity index (χ1v) is 13.5. The summed E-state index contributed by atoms with van der Waals surface area (Å²) in [7, 11) is 0. The van der Waals surface area contributed by atoms with Crippen molar-refractivity contribution in [3.8, 4) is 0 Å². The molecule has 5 rings (SSSR count). The lowest BCUT2D eigenvalue weighted by molar-refractivity contribution is -0.308. The van der Waals surface area contributed by atoms with E-state index in [0.29, 0.717) is 43.9 Å². The van der Waals surface area contributed by atoms with E-state index < -0.39 is 41.8 Å². The van der Waals surface area contributed by atoms with Crippen molar-refractivity contribution in [3.05, 3.63) is 29.3 Å². The molecule has 6 nitrogen and oxygen atoms in total. The lowest BCUT2D eigenvalue weighted by Gasteiger charge is -2.45. The number of hydrogen-bond donors (Lipinski definition) is 0. The minimum absolute atomic E-state index is 0.0485. The van der Waals surface area contributed by atoms with Gasteiger partial charge in [-0.3, -0.25) is 4.90 Å². The average Bonchev–Trinajstić information content (AvgIpc) is 3.42. The van der Waals surface area contributed by atoms with Crippen LogP contribution in [0.25, 0.3) is 0 Å². The molecule has 4 aliphatic heterocycles. The number of carbonyl (C=O) groups is 1. The molecule has 1 spiro atoms. The van der Waals surface area contributed by atoms with Gasteiger partial charge in [0.1, 0.15) is 0 Å². The highest BCUT2D eigenvalue weighted by atomic mass is 19.4. The van der Waals surface area contributed by atoms with Gasteiger partial charge in [0.25, 0.3) is 6.10 Å². The number of fused-ring (bicyclic) bond motifs is 2. The second-order valence-electron chi connectivity index (χ2n) is 11.3. The second kappa shape index (κ2) is 10.7. The molecule has 15 heteroatoms. The largest absolute Gasteiger partial charge is 0.434 e. The van der Waals surface area contributed by atoms with E-state index in [0.717, 1.165) is 30.2 Å². The van der Waals surface area contributed by atoms with Gasteiger partial charge < -0.3 is 19.3 Å². The standard InChI is InChI=1S/C26H30F9N3O3/c27-24(28,29)17-3-2-16(20(12-17)37-14-18-4-5-19(15-37)40-18)13-38-9-1-6-23(38)7-10-36(11-8-23)22(39)41-21(25(30,31)32)26(33,34)35/h2-3,12,18-19,21H,1,4-11,13-15H2/t18-,19+. The third-order valence-electron chi connectivity index (χ3n) is 8.66. The summed E-state index contributed by atoms with van der Waals surface area (Å²) in [5.41, 5.74) is -0.0723. The van der Waals surface area contributed by atoms with Gasteiger partial charge >= 0.3 is 24.6 Å². The number of nitrogens with zero attached hydrogens (tertiary/aromatic N) is 3. The first-order valence-electron chi connectivity index (χ1n) is 13.5. The van der Waals surface area contributed by atoms with Crippen LogP contribution in [0.5, 0.6) is 0 Å². The Morgan fingerprint density at radius 1 is 0.927 bits per heavy atom. The van der Waals surface area contributed by atoms with E-state index in [1.807, 2.05) is 4.90 Å². The topological polar surface area (TPSA) is 45.2 Å². The Morgan fingerprint density at radius 2 is 1.54 bits per heavy atom. The van der Waals surface area contributed by atoms with Crippen LogP contribution in [0.15, 0.2) is 18.2 Å². The number of benzene rings is 1. The Morgan fingerprint density at radius 3 is 2.10 bits per heavy atom. The molecule has 0 N–H and O–H groups in total. The Hall–Kier alpha value is -2.42. The van der Waals surface area contributed by atoms with Crippen molar-refractivity contribution in [3.63, 3.8) is 0 Å². The van der Waals surface area contributed by atoms with Gasteiger partial charge in [-0.25, -0.2) is 4.79 Å². The molecule has 4 heterocycles. The fraction of sp³-hybridized carbons (Fsp3) is 0.731. The van der Waals surface area contributed by atoms with Crippen molar-refractivity contribution in [1.29, 1.82) is 0 Å². The maximum absolute atomic E-state index is 13.6. The molecule has 4 saturated heterocycles. The highest BCUT2D eigenvalue weighted by Crippen LogP contribution is 2.43. The van der Waals surface area contributed by atoms with Crippen molar-refractivity contribution in [2.75, 3.05) is 37.6 Å². The molecule has 0 aliphatic carbocycles. The van der Waals surface area contributed by atoms with Crippen LogP contribution in [0.1, 0.15) is 49.7 Å². The third kappa shape index (κ3) is 6.35. The van der Waals surface area contributed by atoms with Crippen molar-refractivity contribution >= 4 is 11.8 Å². The van der Waals surface area contributed by atoms with Gasteiger partial charge in [-0.15, -0.1) is 0 Å². The predicted octanol–water partition coefficient (Wildman–Crippen LogP) is 6.13. The summed E-state index contributed by atoms with van der Waals surface area (Å²) in [6.07, 6.45) is -18.4. The molecule has 0 radical (unpaired) electrons. The number of alkyl halides is 9. The molecule has 4 fully saturated rings. The Balaban J connectivity index is 1.30. The third-order valence-corrected chi connectivity index (χ3v) is 8.66. The number of hydrogen-bond acceptors (Lipinski definition) is 5. The highest BCUT2D eigenvalue weighted by molar-refractivity contribution is 5.68. The van der Waals surface area contributed by atoms with Crippen molar-refractivity contribution in [1.82, 2.24) is 9.80 Å². The molecule has 41 heavy (non-hydrogen) atoms. The van der Waals surface area contributed by atoms with Gasteiger partial charge in [0, 0.05) is 44.0 Å². The summed E-state index contributed by atoms with van der Waals surface area (Å²) in [4.78, 5) is 17.2. The molecule has 230 valence electrons. The molecule has 1 aromatic carbocycles. The van der Waals surface area contributed by atoms with Crippen molar-refractivity contribution < 1.29 is 53.8 Å². The van der Waals surface area contributed by atoms with Gasteiger partial charge in [0.15, 0.2) is 0 Å². The first-order chi connectivity index (χ1) is 19.0. The molecular weight excluding hydrogens is 573 g/mol. The van der Waals surface area contributed by atoms with Gasteiger partial charge in [-0.2, -0.15) is 39.5 Å². The molecule has 0 aromatic heterocycles. The summed E-state index contributed by atoms with van der Waals surface area (Å²) in [6.45, 7) is 1.67. The summed E-state index contributed by atoms with van der Waals surface area (Å²) in [5, 5.41) is 0. The SMILES string of the molecule is O=C(OC(C(F)(F)F)C(F)(F)F)N1CCC2(CCCN2Cc2ccc(C(F)(F)F)cc2N2C[C@H]3CC[C@@H](C2)O3)CC1. The van der Waals surface area contributed by atoms with Crippen LogP contribution in [0.2, 0.25) is 0 Å². The number of morpholine rings is 1. The molecular formula is C26H30F9N3O3. The smallest absolute Gasteiger partial charge is 0.426 e. The van der Waals surface area contributed by atoms with Crippen LogP contribution in [0.3, 0.4) is 0 Å². The van der Waals surface area contributed by atoms with Crippen LogP contribution in [-0.2, 0) is 22.2 Å². The summed E-state index contributed by atoms with van der Waals surface area (Å²) < 4.78 is 128. The number of rotatable bonds is 4. The number of amides is 1. The fourth-order valence-electron chi connectivity index (χ4n) is 6.59. The number of likely N-dealkylation sites (tertiary alicyclic amines) is 2. The summed E-state index contributed by atoms with van der Waals surface area (Å²) in [6, 6.07) is 3.69. The monoisotopic (exact) mass is 603 g/mol. The zero-order valence-electron chi connectivity index (χ0n) is 21.9. The molecule has 2 bridgehead atoms. The zero-order valence-corrected chi connectivity index (χ0v) is 21.9. The van der Waals surface area contributed by atoms with Crippen LogP contribution in [0, 0.1) is 0 Å². The van der Waals surface area contributed by atoms with E-state index >= 15 is 0 Å². The normalized spacial score (nSPS) is 25.4. The molecule has 2 atom stereocenters. The molecule has 0 saturated carbocycles. The molecule has 1 aromatic rings. The minimum Gasteiger partial charge on any atom is -0.426 e. The van der Waals surface area contributed by atoms with Gasteiger partial charge in [-0.05, 0) is 62.8 Å². The van der Waals surface area contributed by atoms with Crippen LogP contribution in [-0.4, -0.2) is 84.8 Å². The maximum atomic E-state index is 13.6. The van der Waals surface area contributed by atoms with E-state index in [9.17, 15) is 44.3 Å². The average molecular weight is 604 g/mol. The quantitative estimate of drug-likeness (QED) is 0.388. The first kappa shape index (κ1) is 30.1. The van der Waals surface area contributed by atoms with Crippen molar-refractivity contribution in [2.24, 2.45) is 0 Å². The summed E-state index contributed by atoms with van der Waals surface area (Å²) >= 11 is 0. The van der Waals surface area contributed by atoms with Crippen LogP contribution >= 0.6 is 0 Å². The molecule has 1 amide bonds. The van der Waals surface area contributed by atoms with Gasteiger partial charge in [0.05, 0.1) is 17.8 Å². The number of ether oxygens (including phenoxy) is 2.